The minimum atomic E-state index is -0.712. The third-order valence-electron chi connectivity index (χ3n) is 4.45. The molecule has 3 aromatic carbocycles. The first-order valence-corrected chi connectivity index (χ1v) is 9.26. The molecule has 0 saturated carbocycles. The molecule has 3 rings (SSSR count). The Morgan fingerprint density at radius 3 is 2.28 bits per heavy atom. The van der Waals surface area contributed by atoms with E-state index in [1.54, 1.807) is 12.1 Å². The Labute approximate surface area is 170 Å². The fourth-order valence-electron chi connectivity index (χ4n) is 2.85. The van der Waals surface area contributed by atoms with Crippen LogP contribution in [0.1, 0.15) is 28.4 Å². The predicted octanol–water partition coefficient (Wildman–Crippen LogP) is 4.14. The molecule has 0 radical (unpaired) electrons. The monoisotopic (exact) mass is 386 g/mol. The molecule has 29 heavy (non-hydrogen) atoms. The van der Waals surface area contributed by atoms with Gasteiger partial charge in [-0.25, -0.2) is 0 Å². The van der Waals surface area contributed by atoms with E-state index in [4.69, 9.17) is 14.7 Å². The van der Waals surface area contributed by atoms with E-state index in [0.717, 1.165) is 22.4 Å². The molecule has 0 spiro atoms. The lowest BCUT2D eigenvalue weighted by atomic mass is 10.1. The van der Waals surface area contributed by atoms with Crippen LogP contribution in [0.3, 0.4) is 0 Å². The van der Waals surface area contributed by atoms with Crippen LogP contribution in [0, 0.1) is 11.3 Å². The fourth-order valence-corrected chi connectivity index (χ4v) is 2.85. The van der Waals surface area contributed by atoms with Crippen LogP contribution in [0.2, 0.25) is 0 Å². The highest BCUT2D eigenvalue weighted by Gasteiger charge is 2.19. The number of rotatable bonds is 8. The molecule has 5 heteroatoms. The van der Waals surface area contributed by atoms with E-state index in [1.165, 1.54) is 7.11 Å². The van der Waals surface area contributed by atoms with E-state index in [0.29, 0.717) is 18.7 Å². The summed E-state index contributed by atoms with van der Waals surface area (Å²) in [5.74, 6) is 0.500. The smallest absolute Gasteiger partial charge is 0.254 e. The van der Waals surface area contributed by atoms with Gasteiger partial charge < -0.3 is 14.8 Å². The largest absolute Gasteiger partial charge is 0.489 e. The topological polar surface area (TPSA) is 71.3 Å². The maximum Gasteiger partial charge on any atom is 0.254 e. The number of nitriles is 1. The number of hydrogen-bond acceptors (Lipinski definition) is 4. The summed E-state index contributed by atoms with van der Waals surface area (Å²) in [5.41, 5.74) is 3.34. The average molecular weight is 386 g/mol. The van der Waals surface area contributed by atoms with Gasteiger partial charge in [0.2, 0.25) is 0 Å². The molecule has 1 atom stereocenters. The first-order valence-electron chi connectivity index (χ1n) is 9.26. The summed E-state index contributed by atoms with van der Waals surface area (Å²) in [6.07, 6.45) is -0.712. The van der Waals surface area contributed by atoms with Crippen LogP contribution in [-0.4, -0.2) is 13.0 Å². The standard InChI is InChI=1S/C24H22N2O3/c1-28-23(24(27)26-16-19-9-7-18(15-25)8-10-19)21-11-13-22(14-12-21)29-17-20-5-3-2-4-6-20/h2-14,23H,16-17H2,1H3,(H,26,27)/t23-/m0/s1. The second-order valence-electron chi connectivity index (χ2n) is 6.49. The summed E-state index contributed by atoms with van der Waals surface area (Å²) in [4.78, 5) is 12.5. The Morgan fingerprint density at radius 2 is 1.66 bits per heavy atom. The predicted molar refractivity (Wildman–Crippen MR) is 110 cm³/mol. The summed E-state index contributed by atoms with van der Waals surface area (Å²) < 4.78 is 11.2. The van der Waals surface area contributed by atoms with Gasteiger partial charge in [-0.15, -0.1) is 0 Å². The molecule has 146 valence electrons. The average Bonchev–Trinajstić information content (AvgIpc) is 2.78. The SMILES string of the molecule is CO[C@H](C(=O)NCc1ccc(C#N)cc1)c1ccc(OCc2ccccc2)cc1. The minimum absolute atomic E-state index is 0.227. The van der Waals surface area contributed by atoms with Crippen molar-refractivity contribution >= 4 is 5.91 Å². The van der Waals surface area contributed by atoms with Crippen molar-refractivity contribution in [3.05, 3.63) is 101 Å². The number of carbonyl (C=O) groups is 1. The van der Waals surface area contributed by atoms with Crippen molar-refractivity contribution in [1.82, 2.24) is 5.32 Å². The van der Waals surface area contributed by atoms with Crippen LogP contribution >= 0.6 is 0 Å². The zero-order chi connectivity index (χ0) is 20.5. The van der Waals surface area contributed by atoms with Crippen molar-refractivity contribution in [2.75, 3.05) is 7.11 Å². The summed E-state index contributed by atoms with van der Waals surface area (Å²) in [5, 5.41) is 11.7. The van der Waals surface area contributed by atoms with Gasteiger partial charge >= 0.3 is 0 Å². The number of ether oxygens (including phenoxy) is 2. The lowest BCUT2D eigenvalue weighted by Gasteiger charge is -2.16. The van der Waals surface area contributed by atoms with Crippen LogP contribution in [0.15, 0.2) is 78.9 Å². The number of methoxy groups -OCH3 is 1. The summed E-state index contributed by atoms with van der Waals surface area (Å²) in [7, 11) is 1.51. The van der Waals surface area contributed by atoms with Gasteiger partial charge in [0.05, 0.1) is 11.6 Å². The maximum atomic E-state index is 12.5. The number of amides is 1. The molecular formula is C24H22N2O3. The van der Waals surface area contributed by atoms with Crippen LogP contribution in [-0.2, 0) is 22.7 Å². The van der Waals surface area contributed by atoms with E-state index in [1.807, 2.05) is 66.7 Å². The first-order chi connectivity index (χ1) is 14.2. The normalized spacial score (nSPS) is 11.3. The van der Waals surface area contributed by atoms with Gasteiger partial charge in [-0.2, -0.15) is 5.26 Å². The van der Waals surface area contributed by atoms with E-state index in [-0.39, 0.29) is 5.91 Å². The molecule has 1 N–H and O–H groups in total. The van der Waals surface area contributed by atoms with Crippen LogP contribution in [0.5, 0.6) is 5.75 Å². The van der Waals surface area contributed by atoms with Gasteiger partial charge in [0, 0.05) is 13.7 Å². The van der Waals surface area contributed by atoms with Crippen molar-refractivity contribution in [2.24, 2.45) is 0 Å². The van der Waals surface area contributed by atoms with Crippen molar-refractivity contribution in [2.45, 2.75) is 19.3 Å². The van der Waals surface area contributed by atoms with Crippen LogP contribution < -0.4 is 10.1 Å². The van der Waals surface area contributed by atoms with E-state index >= 15 is 0 Å². The Kier molecular flexibility index (Phi) is 6.99. The second kappa shape index (κ2) is 10.1. The summed E-state index contributed by atoms with van der Waals surface area (Å²) in [6, 6.07) is 26.4. The van der Waals surface area contributed by atoms with Gasteiger partial charge in [-0.3, -0.25) is 4.79 Å². The lowest BCUT2D eigenvalue weighted by Crippen LogP contribution is -2.29. The highest BCUT2D eigenvalue weighted by Crippen LogP contribution is 2.21. The molecule has 0 aromatic heterocycles. The third-order valence-corrected chi connectivity index (χ3v) is 4.45. The number of nitrogens with zero attached hydrogens (tertiary/aromatic N) is 1. The first kappa shape index (κ1) is 20.1. The highest BCUT2D eigenvalue weighted by molar-refractivity contribution is 5.82. The molecule has 0 bridgehead atoms. The molecule has 0 saturated heterocycles. The number of carbonyl (C=O) groups excluding carboxylic acids is 1. The van der Waals surface area contributed by atoms with Gasteiger partial charge in [-0.1, -0.05) is 54.6 Å². The lowest BCUT2D eigenvalue weighted by molar-refractivity contribution is -0.131. The number of nitrogens with one attached hydrogen (secondary N) is 1. The molecule has 0 aliphatic heterocycles. The Morgan fingerprint density at radius 1 is 0.966 bits per heavy atom. The van der Waals surface area contributed by atoms with E-state index in [9.17, 15) is 4.79 Å². The van der Waals surface area contributed by atoms with Crippen molar-refractivity contribution < 1.29 is 14.3 Å². The summed E-state index contributed by atoms with van der Waals surface area (Å²) in [6.45, 7) is 0.849. The van der Waals surface area contributed by atoms with Gasteiger partial charge in [-0.05, 0) is 41.0 Å². The van der Waals surface area contributed by atoms with E-state index < -0.39 is 6.10 Å². The highest BCUT2D eigenvalue weighted by atomic mass is 16.5. The van der Waals surface area contributed by atoms with Crippen LogP contribution in [0.25, 0.3) is 0 Å². The summed E-state index contributed by atoms with van der Waals surface area (Å²) >= 11 is 0. The zero-order valence-electron chi connectivity index (χ0n) is 16.2. The molecule has 0 aliphatic carbocycles. The van der Waals surface area contributed by atoms with Crippen molar-refractivity contribution in [3.63, 3.8) is 0 Å². The van der Waals surface area contributed by atoms with Crippen LogP contribution in [0.4, 0.5) is 0 Å². The third kappa shape index (κ3) is 5.68. The molecule has 0 aliphatic rings. The second-order valence-corrected chi connectivity index (χ2v) is 6.49. The molecule has 0 heterocycles. The molecule has 1 amide bonds. The fraction of sp³-hybridized carbons (Fsp3) is 0.167. The Bertz CT molecular complexity index is 962. The maximum absolute atomic E-state index is 12.5. The molecule has 0 unspecified atom stereocenters. The van der Waals surface area contributed by atoms with E-state index in [2.05, 4.69) is 11.4 Å². The molecular weight excluding hydrogens is 364 g/mol. The minimum Gasteiger partial charge on any atom is -0.489 e. The van der Waals surface area contributed by atoms with Gasteiger partial charge in [0.1, 0.15) is 12.4 Å². The van der Waals surface area contributed by atoms with Crippen molar-refractivity contribution in [3.8, 4) is 11.8 Å². The zero-order valence-corrected chi connectivity index (χ0v) is 16.2. The molecule has 3 aromatic rings. The van der Waals surface area contributed by atoms with Gasteiger partial charge in [0.25, 0.3) is 5.91 Å². The molecule has 5 nitrogen and oxygen atoms in total. The van der Waals surface area contributed by atoms with Gasteiger partial charge in [0.15, 0.2) is 6.10 Å². The Balaban J connectivity index is 1.56. The quantitative estimate of drug-likeness (QED) is 0.632. The Hall–Kier alpha value is -3.62. The van der Waals surface area contributed by atoms with Crippen molar-refractivity contribution in [1.29, 1.82) is 5.26 Å². The molecule has 0 fully saturated rings. The number of hydrogen-bond donors (Lipinski definition) is 1. The number of benzene rings is 3.